The van der Waals surface area contributed by atoms with E-state index >= 15 is 0 Å². The summed E-state index contributed by atoms with van der Waals surface area (Å²) in [5.74, 6) is -1.04. The predicted octanol–water partition coefficient (Wildman–Crippen LogP) is 0.652. The van der Waals surface area contributed by atoms with Crippen LogP contribution in [0.15, 0.2) is 0 Å². The summed E-state index contributed by atoms with van der Waals surface area (Å²) in [6.07, 6.45) is -5.64. The predicted molar refractivity (Wildman–Crippen MR) is 61.4 cm³/mol. The van der Waals surface area contributed by atoms with E-state index in [0.29, 0.717) is 0 Å². The Morgan fingerprint density at radius 3 is 2.32 bits per heavy atom. The molecule has 1 fully saturated rings. The summed E-state index contributed by atoms with van der Waals surface area (Å²) in [7, 11) is 2.71. The summed E-state index contributed by atoms with van der Waals surface area (Å²) in [5, 5.41) is 4.91. The van der Waals surface area contributed by atoms with E-state index in [9.17, 15) is 18.0 Å². The van der Waals surface area contributed by atoms with Crippen molar-refractivity contribution in [2.24, 2.45) is 5.41 Å². The summed E-state index contributed by atoms with van der Waals surface area (Å²) < 4.78 is 49.2. The SMILES string of the molecule is COC(OC)C(C)NC(=O)C1(C(F)(F)F)CCNC1. The normalized spacial score (nSPS) is 25.6. The Morgan fingerprint density at radius 1 is 1.37 bits per heavy atom. The van der Waals surface area contributed by atoms with E-state index in [4.69, 9.17) is 9.47 Å². The van der Waals surface area contributed by atoms with Crippen molar-refractivity contribution < 1.29 is 27.4 Å². The summed E-state index contributed by atoms with van der Waals surface area (Å²) in [6, 6.07) is -0.678. The quantitative estimate of drug-likeness (QED) is 0.728. The van der Waals surface area contributed by atoms with Gasteiger partial charge in [-0.15, -0.1) is 0 Å². The van der Waals surface area contributed by atoms with Gasteiger partial charge in [-0.25, -0.2) is 0 Å². The van der Waals surface area contributed by atoms with Gasteiger partial charge in [-0.1, -0.05) is 0 Å². The molecule has 8 heteroatoms. The molecular weight excluding hydrogens is 265 g/mol. The van der Waals surface area contributed by atoms with Crippen LogP contribution in [0, 0.1) is 5.41 Å². The third-order valence-electron chi connectivity index (χ3n) is 3.36. The van der Waals surface area contributed by atoms with Crippen LogP contribution in [0.4, 0.5) is 13.2 Å². The first-order chi connectivity index (χ1) is 8.78. The highest BCUT2D eigenvalue weighted by atomic mass is 19.4. The van der Waals surface area contributed by atoms with Crippen molar-refractivity contribution in [3.05, 3.63) is 0 Å². The number of carbonyl (C=O) groups is 1. The fraction of sp³-hybridized carbons (Fsp3) is 0.909. The second kappa shape index (κ2) is 6.06. The number of rotatable bonds is 5. The molecule has 2 N–H and O–H groups in total. The number of hydrogen-bond donors (Lipinski definition) is 2. The molecule has 0 saturated carbocycles. The maximum atomic E-state index is 13.1. The lowest BCUT2D eigenvalue weighted by molar-refractivity contribution is -0.217. The van der Waals surface area contributed by atoms with E-state index in [1.165, 1.54) is 21.1 Å². The summed E-state index contributed by atoms with van der Waals surface area (Å²) in [6.45, 7) is 1.29. The molecule has 0 bridgehead atoms. The fourth-order valence-electron chi connectivity index (χ4n) is 2.17. The summed E-state index contributed by atoms with van der Waals surface area (Å²) >= 11 is 0. The van der Waals surface area contributed by atoms with Gasteiger partial charge in [0.25, 0.3) is 0 Å². The van der Waals surface area contributed by atoms with Crippen molar-refractivity contribution in [3.63, 3.8) is 0 Å². The number of halogens is 3. The number of nitrogens with one attached hydrogen (secondary N) is 2. The third kappa shape index (κ3) is 3.18. The topological polar surface area (TPSA) is 59.6 Å². The number of amides is 1. The average molecular weight is 284 g/mol. The largest absolute Gasteiger partial charge is 0.404 e. The number of methoxy groups -OCH3 is 2. The maximum Gasteiger partial charge on any atom is 0.404 e. The van der Waals surface area contributed by atoms with Crippen molar-refractivity contribution in [2.45, 2.75) is 31.9 Å². The second-order valence-electron chi connectivity index (χ2n) is 4.61. The minimum Gasteiger partial charge on any atom is -0.354 e. The Bertz CT molecular complexity index is 313. The molecule has 2 unspecified atom stereocenters. The molecule has 112 valence electrons. The molecule has 1 rings (SSSR count). The van der Waals surface area contributed by atoms with E-state index in [1.54, 1.807) is 0 Å². The fourth-order valence-corrected chi connectivity index (χ4v) is 2.17. The lowest BCUT2D eigenvalue weighted by Gasteiger charge is -2.32. The molecule has 5 nitrogen and oxygen atoms in total. The van der Waals surface area contributed by atoms with Crippen LogP contribution in [0.3, 0.4) is 0 Å². The van der Waals surface area contributed by atoms with Gasteiger partial charge in [0.1, 0.15) is 0 Å². The van der Waals surface area contributed by atoms with E-state index < -0.39 is 36.4 Å². The van der Waals surface area contributed by atoms with Crippen molar-refractivity contribution in [1.82, 2.24) is 10.6 Å². The lowest BCUT2D eigenvalue weighted by Crippen LogP contribution is -2.56. The highest BCUT2D eigenvalue weighted by molar-refractivity contribution is 5.84. The monoisotopic (exact) mass is 284 g/mol. The number of alkyl halides is 3. The van der Waals surface area contributed by atoms with Gasteiger partial charge in [-0.05, 0) is 19.9 Å². The third-order valence-corrected chi connectivity index (χ3v) is 3.36. The van der Waals surface area contributed by atoms with Gasteiger partial charge in [0, 0.05) is 20.8 Å². The van der Waals surface area contributed by atoms with Crippen molar-refractivity contribution in [3.8, 4) is 0 Å². The highest BCUT2D eigenvalue weighted by Gasteiger charge is 2.61. The van der Waals surface area contributed by atoms with Crippen molar-refractivity contribution in [2.75, 3.05) is 27.3 Å². The smallest absolute Gasteiger partial charge is 0.354 e. The molecule has 0 aromatic carbocycles. The van der Waals surface area contributed by atoms with E-state index in [2.05, 4.69) is 10.6 Å². The molecule has 19 heavy (non-hydrogen) atoms. The van der Waals surface area contributed by atoms with E-state index in [1.807, 2.05) is 0 Å². The van der Waals surface area contributed by atoms with Crippen LogP contribution in [0.5, 0.6) is 0 Å². The maximum absolute atomic E-state index is 13.1. The Hall–Kier alpha value is -0.860. The molecule has 1 saturated heterocycles. The zero-order chi connectivity index (χ0) is 14.7. The number of ether oxygens (including phenoxy) is 2. The molecule has 0 aromatic heterocycles. The van der Waals surface area contributed by atoms with Gasteiger partial charge in [-0.3, -0.25) is 4.79 Å². The van der Waals surface area contributed by atoms with Crippen molar-refractivity contribution in [1.29, 1.82) is 0 Å². The zero-order valence-electron chi connectivity index (χ0n) is 11.1. The minimum atomic E-state index is -4.59. The minimum absolute atomic E-state index is 0.166. The standard InChI is InChI=1S/C11H19F3N2O3/c1-7(8(18-2)19-3)16-9(17)10(11(12,13)14)4-5-15-6-10/h7-8,15H,4-6H2,1-3H3,(H,16,17). The van der Waals surface area contributed by atoms with E-state index in [0.717, 1.165) is 0 Å². The first-order valence-electron chi connectivity index (χ1n) is 5.92. The Kier molecular flexibility index (Phi) is 5.17. The molecule has 1 amide bonds. The zero-order valence-corrected chi connectivity index (χ0v) is 11.1. The van der Waals surface area contributed by atoms with Crippen LogP contribution < -0.4 is 10.6 Å². The van der Waals surface area contributed by atoms with Gasteiger partial charge in [0.05, 0.1) is 6.04 Å². The molecule has 0 radical (unpaired) electrons. The Labute approximate surface area is 109 Å². The van der Waals surface area contributed by atoms with Gasteiger partial charge in [-0.2, -0.15) is 13.2 Å². The van der Waals surface area contributed by atoms with Gasteiger partial charge >= 0.3 is 6.18 Å². The molecule has 0 spiro atoms. The van der Waals surface area contributed by atoms with Crippen LogP contribution in [-0.2, 0) is 14.3 Å². The Balaban J connectivity index is 2.80. The molecule has 1 aliphatic rings. The first kappa shape index (κ1) is 16.2. The lowest BCUT2D eigenvalue weighted by atomic mass is 9.85. The summed E-state index contributed by atoms with van der Waals surface area (Å²) in [4.78, 5) is 12.0. The molecule has 0 aliphatic carbocycles. The molecule has 2 atom stereocenters. The van der Waals surface area contributed by atoms with Crippen LogP contribution in [-0.4, -0.2) is 51.7 Å². The summed E-state index contributed by atoms with van der Waals surface area (Å²) in [5.41, 5.74) is -2.37. The van der Waals surface area contributed by atoms with Crippen LogP contribution in [0.1, 0.15) is 13.3 Å². The second-order valence-corrected chi connectivity index (χ2v) is 4.61. The molecule has 0 aromatic rings. The van der Waals surface area contributed by atoms with Gasteiger partial charge < -0.3 is 20.1 Å². The average Bonchev–Trinajstić information content (AvgIpc) is 2.80. The van der Waals surface area contributed by atoms with Gasteiger partial charge in [0.15, 0.2) is 11.7 Å². The van der Waals surface area contributed by atoms with Crippen LogP contribution in [0.25, 0.3) is 0 Å². The highest BCUT2D eigenvalue weighted by Crippen LogP contribution is 2.43. The molecule has 1 heterocycles. The van der Waals surface area contributed by atoms with Gasteiger partial charge in [0.2, 0.25) is 5.91 Å². The Morgan fingerprint density at radius 2 is 1.95 bits per heavy atom. The van der Waals surface area contributed by atoms with Crippen LogP contribution in [0.2, 0.25) is 0 Å². The van der Waals surface area contributed by atoms with E-state index in [-0.39, 0.29) is 13.0 Å². The number of hydrogen-bond acceptors (Lipinski definition) is 4. The number of carbonyl (C=O) groups excluding carboxylic acids is 1. The van der Waals surface area contributed by atoms with Crippen molar-refractivity contribution >= 4 is 5.91 Å². The van der Waals surface area contributed by atoms with Crippen LogP contribution >= 0.6 is 0 Å². The molecule has 1 aliphatic heterocycles. The first-order valence-corrected chi connectivity index (χ1v) is 5.92. The molecular formula is C11H19F3N2O3.